The Morgan fingerprint density at radius 2 is 1.45 bits per heavy atom. The Balaban J connectivity index is 1.31. The second-order valence-electron chi connectivity index (χ2n) is 10.0. The molecule has 198 valence electrons. The summed E-state index contributed by atoms with van der Waals surface area (Å²) in [5, 5.41) is 16.4. The van der Waals surface area contributed by atoms with Gasteiger partial charge in [0.25, 0.3) is 0 Å². The van der Waals surface area contributed by atoms with Crippen LogP contribution in [0.2, 0.25) is 0 Å². The highest BCUT2D eigenvalue weighted by atomic mass is 16.5. The smallest absolute Gasteiger partial charge is 0.335 e. The molecule has 40 heavy (non-hydrogen) atoms. The predicted octanol–water partition coefficient (Wildman–Crippen LogP) is 7.14. The van der Waals surface area contributed by atoms with Crippen molar-refractivity contribution >= 4 is 28.4 Å². The summed E-state index contributed by atoms with van der Waals surface area (Å²) in [7, 11) is 0. The Kier molecular flexibility index (Phi) is 6.70. The van der Waals surface area contributed by atoms with E-state index < -0.39 is 5.97 Å². The molecule has 7 nitrogen and oxygen atoms in total. The molecule has 0 saturated heterocycles. The van der Waals surface area contributed by atoms with Gasteiger partial charge in [-0.2, -0.15) is 5.10 Å². The number of rotatable bonds is 7. The van der Waals surface area contributed by atoms with Crippen LogP contribution in [-0.2, 0) is 0 Å². The molecule has 0 fully saturated rings. The van der Waals surface area contributed by atoms with Crippen LogP contribution in [0, 0.1) is 0 Å². The first kappa shape index (κ1) is 25.2. The highest BCUT2D eigenvalue weighted by molar-refractivity contribution is 6.03. The van der Waals surface area contributed by atoms with Crippen molar-refractivity contribution < 1.29 is 14.6 Å². The number of carboxylic acids is 1. The van der Waals surface area contributed by atoms with E-state index in [0.717, 1.165) is 50.4 Å². The molecule has 4 aromatic carbocycles. The average molecular weight is 529 g/mol. The van der Waals surface area contributed by atoms with Crippen LogP contribution in [0.15, 0.2) is 108 Å². The fourth-order valence-electron chi connectivity index (χ4n) is 4.98. The molecule has 6 rings (SSSR count). The minimum absolute atomic E-state index is 0.0785. The molecule has 1 atom stereocenters. The molecule has 1 aliphatic heterocycles. The predicted molar refractivity (Wildman–Crippen MR) is 157 cm³/mol. The summed E-state index contributed by atoms with van der Waals surface area (Å²) >= 11 is 0. The first-order chi connectivity index (χ1) is 19.4. The summed E-state index contributed by atoms with van der Waals surface area (Å²) in [5.74, 6) is -0.0955. The van der Waals surface area contributed by atoms with E-state index in [9.17, 15) is 9.90 Å². The van der Waals surface area contributed by atoms with Crippen molar-refractivity contribution in [1.82, 2.24) is 9.97 Å². The zero-order valence-electron chi connectivity index (χ0n) is 22.2. The molecule has 2 heterocycles. The number of aromatic nitrogens is 2. The normalized spacial score (nSPS) is 14.9. The van der Waals surface area contributed by atoms with Crippen LogP contribution in [0.4, 0.5) is 5.69 Å². The molecule has 0 bridgehead atoms. The van der Waals surface area contributed by atoms with Crippen molar-refractivity contribution in [3.05, 3.63) is 120 Å². The number of carbonyl (C=O) groups is 1. The van der Waals surface area contributed by atoms with E-state index in [0.29, 0.717) is 6.42 Å². The molecule has 1 N–H and O–H groups in total. The molecular weight excluding hydrogens is 500 g/mol. The number of hydrogen-bond donors (Lipinski definition) is 1. The highest BCUT2D eigenvalue weighted by Gasteiger charge is 2.30. The van der Waals surface area contributed by atoms with Crippen LogP contribution in [0.5, 0.6) is 5.75 Å². The first-order valence-corrected chi connectivity index (χ1v) is 13.2. The number of anilines is 1. The van der Waals surface area contributed by atoms with Gasteiger partial charge >= 0.3 is 5.97 Å². The monoisotopic (exact) mass is 528 g/mol. The summed E-state index contributed by atoms with van der Waals surface area (Å²) < 4.78 is 5.77. The number of aromatic carboxylic acids is 1. The van der Waals surface area contributed by atoms with E-state index in [1.54, 1.807) is 36.7 Å². The van der Waals surface area contributed by atoms with Crippen molar-refractivity contribution in [3.8, 4) is 16.9 Å². The standard InChI is InChI=1S/C33H28N4O3/c1-21(2)40-28-14-9-23(10-15-28)22-3-5-24(6-4-22)30-20-32(26-11-16-29-31(19-26)35-18-17-34-29)37(36-30)27-12-7-25(8-13-27)33(38)39/h3-19,21,32H,20H2,1-2H3,(H,38,39). The molecule has 0 amide bonds. The maximum Gasteiger partial charge on any atom is 0.335 e. The molecule has 0 radical (unpaired) electrons. The second kappa shape index (κ2) is 10.6. The minimum atomic E-state index is -0.955. The van der Waals surface area contributed by atoms with Crippen molar-refractivity contribution in [2.24, 2.45) is 5.10 Å². The zero-order chi connectivity index (χ0) is 27.6. The summed E-state index contributed by atoms with van der Waals surface area (Å²) in [6.45, 7) is 4.03. The lowest BCUT2D eigenvalue weighted by molar-refractivity contribution is 0.0697. The van der Waals surface area contributed by atoms with E-state index in [2.05, 4.69) is 58.5 Å². The molecule has 7 heteroatoms. The van der Waals surface area contributed by atoms with Gasteiger partial charge in [-0.25, -0.2) is 4.79 Å². The van der Waals surface area contributed by atoms with E-state index in [4.69, 9.17) is 9.84 Å². The van der Waals surface area contributed by atoms with Gasteiger partial charge in [0.15, 0.2) is 0 Å². The van der Waals surface area contributed by atoms with Crippen LogP contribution in [0.1, 0.15) is 47.8 Å². The Bertz CT molecular complexity index is 1700. The molecule has 0 spiro atoms. The summed E-state index contributed by atoms with van der Waals surface area (Å²) in [6.07, 6.45) is 4.20. The van der Waals surface area contributed by atoms with Gasteiger partial charge in [0.05, 0.1) is 40.1 Å². The molecule has 5 aromatic rings. The van der Waals surface area contributed by atoms with Crippen LogP contribution < -0.4 is 9.75 Å². The lowest BCUT2D eigenvalue weighted by Gasteiger charge is -2.24. The van der Waals surface area contributed by atoms with Gasteiger partial charge < -0.3 is 9.84 Å². The lowest BCUT2D eigenvalue weighted by atomic mass is 9.96. The van der Waals surface area contributed by atoms with Crippen molar-refractivity contribution in [1.29, 1.82) is 0 Å². The third-order valence-electron chi connectivity index (χ3n) is 6.94. The molecular formula is C33H28N4O3. The van der Waals surface area contributed by atoms with Gasteiger partial charge in [-0.05, 0) is 84.6 Å². The van der Waals surface area contributed by atoms with Gasteiger partial charge in [-0.15, -0.1) is 0 Å². The summed E-state index contributed by atoms with van der Waals surface area (Å²) in [6, 6.07) is 29.4. The SMILES string of the molecule is CC(C)Oc1ccc(-c2ccc(C3=NN(c4ccc(C(=O)O)cc4)C(c4ccc5nccnc5c4)C3)cc2)cc1. The Morgan fingerprint density at radius 3 is 2.10 bits per heavy atom. The minimum Gasteiger partial charge on any atom is -0.491 e. The van der Waals surface area contributed by atoms with Gasteiger partial charge in [-0.3, -0.25) is 15.0 Å². The molecule has 1 aliphatic rings. The van der Waals surface area contributed by atoms with E-state index >= 15 is 0 Å². The van der Waals surface area contributed by atoms with E-state index in [-0.39, 0.29) is 17.7 Å². The maximum atomic E-state index is 11.4. The van der Waals surface area contributed by atoms with Crippen LogP contribution in [0.3, 0.4) is 0 Å². The van der Waals surface area contributed by atoms with Crippen LogP contribution in [0.25, 0.3) is 22.2 Å². The number of nitrogens with zero attached hydrogens (tertiary/aromatic N) is 4. The molecule has 0 aliphatic carbocycles. The highest BCUT2D eigenvalue weighted by Crippen LogP contribution is 2.38. The number of hydrogen-bond acceptors (Lipinski definition) is 6. The van der Waals surface area contributed by atoms with Crippen LogP contribution >= 0.6 is 0 Å². The van der Waals surface area contributed by atoms with Gasteiger partial charge in [0, 0.05) is 18.8 Å². The number of benzene rings is 4. The van der Waals surface area contributed by atoms with Gasteiger partial charge in [-0.1, -0.05) is 42.5 Å². The Labute approximate surface area is 232 Å². The van der Waals surface area contributed by atoms with Crippen LogP contribution in [-0.4, -0.2) is 32.9 Å². The quantitative estimate of drug-likeness (QED) is 0.242. The van der Waals surface area contributed by atoms with Gasteiger partial charge in [0.1, 0.15) is 5.75 Å². The first-order valence-electron chi connectivity index (χ1n) is 13.2. The molecule has 1 unspecified atom stereocenters. The van der Waals surface area contributed by atoms with Crippen molar-refractivity contribution in [2.75, 3.05) is 5.01 Å². The lowest BCUT2D eigenvalue weighted by Crippen LogP contribution is -2.18. The third-order valence-corrected chi connectivity index (χ3v) is 6.94. The number of ether oxygens (including phenoxy) is 1. The van der Waals surface area contributed by atoms with Crippen molar-refractivity contribution in [2.45, 2.75) is 32.4 Å². The third kappa shape index (κ3) is 5.14. The average Bonchev–Trinajstić information content (AvgIpc) is 3.43. The maximum absolute atomic E-state index is 11.4. The van der Waals surface area contributed by atoms with Crippen molar-refractivity contribution in [3.63, 3.8) is 0 Å². The summed E-state index contributed by atoms with van der Waals surface area (Å²) in [4.78, 5) is 20.3. The Hall–Kier alpha value is -5.04. The molecule has 1 aromatic heterocycles. The number of fused-ring (bicyclic) bond motifs is 1. The zero-order valence-corrected chi connectivity index (χ0v) is 22.2. The second-order valence-corrected chi connectivity index (χ2v) is 10.0. The Morgan fingerprint density at radius 1 is 0.825 bits per heavy atom. The fourth-order valence-corrected chi connectivity index (χ4v) is 4.98. The molecule has 0 saturated carbocycles. The topological polar surface area (TPSA) is 87.9 Å². The van der Waals surface area contributed by atoms with E-state index in [1.807, 2.05) is 37.1 Å². The van der Waals surface area contributed by atoms with Gasteiger partial charge in [0.2, 0.25) is 0 Å². The largest absolute Gasteiger partial charge is 0.491 e. The summed E-state index contributed by atoms with van der Waals surface area (Å²) in [5.41, 5.74) is 8.02. The number of hydrazone groups is 1. The van der Waals surface area contributed by atoms with E-state index in [1.165, 1.54) is 0 Å². The number of carboxylic acid groups (broad SMARTS) is 1. The fraction of sp³-hybridized carbons (Fsp3) is 0.152.